The van der Waals surface area contributed by atoms with Crippen LogP contribution in [0.25, 0.3) is 43.9 Å². The third kappa shape index (κ3) is 3.83. The Hall–Kier alpha value is -4.37. The van der Waals surface area contributed by atoms with E-state index in [4.69, 9.17) is 19.7 Å². The molecule has 0 N–H and O–H groups in total. The molecule has 4 heterocycles. The number of ether oxygens (including phenoxy) is 1. The minimum atomic E-state index is -0.420. The minimum absolute atomic E-state index is 0.257. The molecule has 0 atom stereocenters. The minimum Gasteiger partial charge on any atom is -0.465 e. The van der Waals surface area contributed by atoms with E-state index < -0.39 is 5.97 Å². The van der Waals surface area contributed by atoms with Crippen LogP contribution in [0.3, 0.4) is 0 Å². The number of benzene rings is 2. The Kier molecular flexibility index (Phi) is 6.01. The Balaban J connectivity index is 1.64. The second-order valence-electron chi connectivity index (χ2n) is 10.6. The summed E-state index contributed by atoms with van der Waals surface area (Å²) in [6.45, 7) is 6.12. The second kappa shape index (κ2) is 9.62. The Labute approximate surface area is 240 Å². The molecule has 9 heteroatoms. The van der Waals surface area contributed by atoms with Gasteiger partial charge in [-0.05, 0) is 80.5 Å². The topological polar surface area (TPSA) is 91.9 Å². The van der Waals surface area contributed by atoms with E-state index >= 15 is 0 Å². The Morgan fingerprint density at radius 2 is 1.71 bits per heavy atom. The van der Waals surface area contributed by atoms with Gasteiger partial charge in [0.15, 0.2) is 11.3 Å². The largest absolute Gasteiger partial charge is 0.465 e. The van der Waals surface area contributed by atoms with Crippen LogP contribution in [0.4, 0.5) is 0 Å². The maximum absolute atomic E-state index is 14.7. The van der Waals surface area contributed by atoms with E-state index in [1.807, 2.05) is 41.8 Å². The predicted octanol–water partition coefficient (Wildman–Crippen LogP) is 6.18. The highest BCUT2D eigenvalue weighted by Crippen LogP contribution is 2.38. The van der Waals surface area contributed by atoms with E-state index in [0.29, 0.717) is 50.5 Å². The van der Waals surface area contributed by atoms with Gasteiger partial charge >= 0.3 is 5.97 Å². The number of hydrogen-bond donors (Lipinski definition) is 0. The molecule has 4 aromatic heterocycles. The number of aromatic nitrogens is 5. The average molecular weight is 564 g/mol. The van der Waals surface area contributed by atoms with Gasteiger partial charge in [-0.3, -0.25) is 13.9 Å². The third-order valence-electron chi connectivity index (χ3n) is 8.16. The maximum Gasteiger partial charge on any atom is 0.341 e. The van der Waals surface area contributed by atoms with Crippen LogP contribution in [0, 0.1) is 13.8 Å². The molecule has 0 aliphatic heterocycles. The summed E-state index contributed by atoms with van der Waals surface area (Å²) in [7, 11) is 1.39. The van der Waals surface area contributed by atoms with E-state index in [2.05, 4.69) is 26.0 Å². The highest BCUT2D eigenvalue weighted by molar-refractivity contribution is 7.15. The van der Waals surface area contributed by atoms with E-state index in [0.717, 1.165) is 52.9 Å². The van der Waals surface area contributed by atoms with Crippen molar-refractivity contribution in [3.8, 4) is 10.7 Å². The number of rotatable bonds is 4. The number of thiophene rings is 1. The molecule has 41 heavy (non-hydrogen) atoms. The van der Waals surface area contributed by atoms with E-state index in [-0.39, 0.29) is 5.56 Å². The fourth-order valence-electron chi connectivity index (χ4n) is 5.91. The van der Waals surface area contributed by atoms with Crippen LogP contribution >= 0.6 is 11.3 Å². The molecule has 0 fully saturated rings. The van der Waals surface area contributed by atoms with Crippen molar-refractivity contribution >= 4 is 50.5 Å². The van der Waals surface area contributed by atoms with Crippen molar-refractivity contribution in [2.45, 2.75) is 52.9 Å². The molecule has 0 amide bonds. The van der Waals surface area contributed by atoms with Crippen LogP contribution in [0.2, 0.25) is 0 Å². The molecule has 0 bridgehead atoms. The molecule has 2 aromatic carbocycles. The number of carbonyl (C=O) groups excluding carboxylic acids is 1. The van der Waals surface area contributed by atoms with Crippen LogP contribution in [-0.2, 0) is 24.0 Å². The standard InChI is InChI=1S/C32H29N5O3S/c1-5-24-35-28-26(30(38)37(24)31-25(32(39)40-4)20-10-6-9-13-23(20)41-31)27-29(34-22-12-8-7-11-21(22)33-27)36(28)19-15-14-17(2)18(3)16-19/h7-8,11-12,14-16H,5-6,9-10,13H2,1-4H3. The van der Waals surface area contributed by atoms with Gasteiger partial charge in [0, 0.05) is 17.0 Å². The molecule has 1 aliphatic carbocycles. The summed E-state index contributed by atoms with van der Waals surface area (Å²) in [6.07, 6.45) is 4.25. The molecule has 1 aliphatic rings. The van der Waals surface area contributed by atoms with Crippen LogP contribution in [0.1, 0.15) is 57.5 Å². The Bertz CT molecular complexity index is 2100. The Morgan fingerprint density at radius 3 is 2.44 bits per heavy atom. The lowest BCUT2D eigenvalue weighted by Crippen LogP contribution is -2.25. The number of nitrogens with zero attached hydrogens (tertiary/aromatic N) is 5. The van der Waals surface area contributed by atoms with Crippen LogP contribution in [-0.4, -0.2) is 37.2 Å². The smallest absolute Gasteiger partial charge is 0.341 e. The summed E-state index contributed by atoms with van der Waals surface area (Å²) >= 11 is 1.50. The molecule has 206 valence electrons. The van der Waals surface area contributed by atoms with E-state index in [1.165, 1.54) is 24.0 Å². The highest BCUT2D eigenvalue weighted by Gasteiger charge is 2.30. The van der Waals surface area contributed by atoms with Gasteiger partial charge in [-0.25, -0.2) is 19.7 Å². The SMILES string of the molecule is CCc1nc2c(c(=O)n1-c1sc3c(c1C(=O)OC)CCCC3)c1nc3ccccc3nc1n2-c1ccc(C)c(C)c1. The quantitative estimate of drug-likeness (QED) is 0.238. The predicted molar refractivity (Wildman–Crippen MR) is 162 cm³/mol. The third-order valence-corrected chi connectivity index (χ3v) is 9.43. The average Bonchev–Trinajstić information content (AvgIpc) is 3.52. The van der Waals surface area contributed by atoms with E-state index in [1.54, 1.807) is 4.57 Å². The number of methoxy groups -OCH3 is 1. The van der Waals surface area contributed by atoms with Crippen molar-refractivity contribution in [1.29, 1.82) is 0 Å². The molecule has 7 rings (SSSR count). The summed E-state index contributed by atoms with van der Waals surface area (Å²) < 4.78 is 8.80. The normalized spacial score (nSPS) is 13.3. The molecule has 0 saturated heterocycles. The van der Waals surface area contributed by atoms with Crippen molar-refractivity contribution in [2.24, 2.45) is 0 Å². The van der Waals surface area contributed by atoms with Gasteiger partial charge in [-0.2, -0.15) is 0 Å². The number of para-hydroxylation sites is 2. The maximum atomic E-state index is 14.7. The van der Waals surface area contributed by atoms with Gasteiger partial charge in [0.25, 0.3) is 5.56 Å². The first-order valence-electron chi connectivity index (χ1n) is 13.9. The molecule has 0 saturated carbocycles. The fraction of sp³-hybridized carbons (Fsp3) is 0.281. The van der Waals surface area contributed by atoms with Gasteiger partial charge in [0.2, 0.25) is 0 Å². The lowest BCUT2D eigenvalue weighted by Gasteiger charge is -2.14. The van der Waals surface area contributed by atoms with Crippen molar-refractivity contribution < 1.29 is 9.53 Å². The van der Waals surface area contributed by atoms with Gasteiger partial charge in [-0.1, -0.05) is 25.1 Å². The number of esters is 1. The first kappa shape index (κ1) is 25.6. The monoisotopic (exact) mass is 563 g/mol. The second-order valence-corrected chi connectivity index (χ2v) is 11.7. The van der Waals surface area contributed by atoms with Crippen molar-refractivity contribution in [3.05, 3.63) is 85.8 Å². The van der Waals surface area contributed by atoms with Crippen LogP contribution in [0.15, 0.2) is 47.3 Å². The van der Waals surface area contributed by atoms with Crippen molar-refractivity contribution in [1.82, 2.24) is 24.1 Å². The molecular weight excluding hydrogens is 534 g/mol. The highest BCUT2D eigenvalue weighted by atomic mass is 32.1. The van der Waals surface area contributed by atoms with Crippen molar-refractivity contribution in [3.63, 3.8) is 0 Å². The summed E-state index contributed by atoms with van der Waals surface area (Å²) in [4.78, 5) is 44.1. The van der Waals surface area contributed by atoms with Crippen LogP contribution in [0.5, 0.6) is 0 Å². The summed E-state index contributed by atoms with van der Waals surface area (Å²) in [5.41, 5.74) is 7.41. The number of fused-ring (bicyclic) bond motifs is 5. The Morgan fingerprint density at radius 1 is 0.951 bits per heavy atom. The molecule has 0 unspecified atom stereocenters. The first-order valence-corrected chi connectivity index (χ1v) is 14.8. The number of aryl methyl sites for hydroxylation is 4. The zero-order valence-corrected chi connectivity index (χ0v) is 24.3. The van der Waals surface area contributed by atoms with Crippen LogP contribution < -0.4 is 5.56 Å². The lowest BCUT2D eigenvalue weighted by molar-refractivity contribution is 0.0600. The summed E-state index contributed by atoms with van der Waals surface area (Å²) in [5, 5.41) is 0.969. The summed E-state index contributed by atoms with van der Waals surface area (Å²) in [6, 6.07) is 13.8. The van der Waals surface area contributed by atoms with Gasteiger partial charge in [0.1, 0.15) is 21.7 Å². The molecule has 8 nitrogen and oxygen atoms in total. The number of hydrogen-bond acceptors (Lipinski definition) is 7. The molecular formula is C32H29N5O3S. The summed E-state index contributed by atoms with van der Waals surface area (Å²) in [5.74, 6) is 0.153. The molecule has 6 aromatic rings. The zero-order chi connectivity index (χ0) is 28.4. The number of carbonyl (C=O) groups is 1. The lowest BCUT2D eigenvalue weighted by atomic mass is 9.95. The molecule has 0 radical (unpaired) electrons. The van der Waals surface area contributed by atoms with Gasteiger partial charge < -0.3 is 4.74 Å². The van der Waals surface area contributed by atoms with E-state index in [9.17, 15) is 9.59 Å². The molecule has 0 spiro atoms. The van der Waals surface area contributed by atoms with Gasteiger partial charge in [0.05, 0.1) is 23.7 Å². The van der Waals surface area contributed by atoms with Gasteiger partial charge in [-0.15, -0.1) is 11.3 Å². The zero-order valence-electron chi connectivity index (χ0n) is 23.4. The first-order chi connectivity index (χ1) is 19.9. The fourth-order valence-corrected chi connectivity index (χ4v) is 7.31. The van der Waals surface area contributed by atoms with Crippen molar-refractivity contribution in [2.75, 3.05) is 7.11 Å².